The van der Waals surface area contributed by atoms with Crippen molar-refractivity contribution in [2.75, 3.05) is 6.61 Å². The van der Waals surface area contributed by atoms with Gasteiger partial charge in [0.05, 0.1) is 18.8 Å². The van der Waals surface area contributed by atoms with Gasteiger partial charge in [-0.15, -0.1) is 0 Å². The van der Waals surface area contributed by atoms with Gasteiger partial charge in [0.25, 0.3) is 0 Å². The Labute approximate surface area is 298 Å². The van der Waals surface area contributed by atoms with Crippen LogP contribution in [0.5, 0.6) is 0 Å². The Bertz CT molecular complexity index is 783. The predicted octanol–water partition coefficient (Wildman–Crippen LogP) is 14.1. The van der Waals surface area contributed by atoms with Gasteiger partial charge in [-0.3, -0.25) is 0 Å². The molecule has 0 bridgehead atoms. The van der Waals surface area contributed by atoms with E-state index in [1.54, 1.807) is 0 Å². The van der Waals surface area contributed by atoms with Crippen molar-refractivity contribution < 1.29 is 18.3 Å². The predicted molar refractivity (Wildman–Crippen MR) is 212 cm³/mol. The molecule has 0 aromatic heterocycles. The Morgan fingerprint density at radius 3 is 1.28 bits per heavy atom. The van der Waals surface area contributed by atoms with E-state index in [0.29, 0.717) is 6.61 Å². The molecule has 0 saturated carbocycles. The van der Waals surface area contributed by atoms with E-state index in [0.717, 1.165) is 6.42 Å². The Morgan fingerprint density at radius 2 is 0.915 bits per heavy atom. The topological polar surface area (TPSA) is 36.9 Å². The zero-order valence-electron chi connectivity index (χ0n) is 34.4. The molecule has 3 atom stereocenters. The van der Waals surface area contributed by atoms with Gasteiger partial charge in [-0.2, -0.15) is 0 Å². The van der Waals surface area contributed by atoms with Crippen LogP contribution in [0, 0.1) is 0 Å². The van der Waals surface area contributed by atoms with Gasteiger partial charge in [0.2, 0.25) is 0 Å². The van der Waals surface area contributed by atoms with E-state index in [2.05, 4.69) is 88.5 Å². The van der Waals surface area contributed by atoms with E-state index in [1.165, 1.54) is 128 Å². The van der Waals surface area contributed by atoms with Crippen molar-refractivity contribution in [1.82, 2.24) is 0 Å². The quantitative estimate of drug-likeness (QED) is 0.0632. The second-order valence-corrected chi connectivity index (χ2v) is 28.2. The molecule has 0 aromatic rings. The largest absolute Gasteiger partial charge is 0.414 e. The first-order chi connectivity index (χ1) is 21.8. The zero-order chi connectivity index (χ0) is 35.6. The lowest BCUT2D eigenvalue weighted by Crippen LogP contribution is -2.53. The SMILES string of the molecule is CCCCCCCCCCCCCCCCCCCCCCC1OC(C)(C)OC1C(CO[Si](C)(C)C(C)(C)C)O[Si](C)(C)C(C)(C)C. The van der Waals surface area contributed by atoms with E-state index < -0.39 is 22.4 Å². The monoisotopic (exact) mass is 699 g/mol. The minimum absolute atomic E-state index is 0.0540. The second kappa shape index (κ2) is 22.3. The lowest BCUT2D eigenvalue weighted by Gasteiger charge is -2.43. The number of unbranched alkanes of at least 4 members (excludes halogenated alkanes) is 19. The van der Waals surface area contributed by atoms with Crippen LogP contribution >= 0.6 is 0 Å². The molecule has 0 aromatic carbocycles. The van der Waals surface area contributed by atoms with Crippen LogP contribution in [0.15, 0.2) is 0 Å². The molecule has 1 aliphatic rings. The van der Waals surface area contributed by atoms with Crippen LogP contribution < -0.4 is 0 Å². The Hall–Kier alpha value is 0.274. The molecule has 0 aliphatic carbocycles. The van der Waals surface area contributed by atoms with Gasteiger partial charge in [0.15, 0.2) is 22.4 Å². The number of hydrogen-bond acceptors (Lipinski definition) is 4. The van der Waals surface area contributed by atoms with E-state index >= 15 is 0 Å². The summed E-state index contributed by atoms with van der Waals surface area (Å²) in [6.07, 6.45) is 29.1. The highest BCUT2D eigenvalue weighted by atomic mass is 28.4. The number of rotatable bonds is 27. The van der Waals surface area contributed by atoms with E-state index in [9.17, 15) is 0 Å². The van der Waals surface area contributed by atoms with Crippen LogP contribution in [-0.2, 0) is 18.3 Å². The van der Waals surface area contributed by atoms with Crippen molar-refractivity contribution >= 4 is 16.6 Å². The van der Waals surface area contributed by atoms with Crippen LogP contribution in [-0.4, -0.2) is 47.3 Å². The van der Waals surface area contributed by atoms with Crippen molar-refractivity contribution in [2.24, 2.45) is 0 Å². The molecular formula is C41H86O4Si2. The first-order valence-corrected chi connectivity index (χ1v) is 26.3. The van der Waals surface area contributed by atoms with Crippen molar-refractivity contribution in [3.63, 3.8) is 0 Å². The third-order valence-electron chi connectivity index (χ3n) is 11.6. The van der Waals surface area contributed by atoms with Crippen LogP contribution in [0.2, 0.25) is 36.3 Å². The van der Waals surface area contributed by atoms with Gasteiger partial charge in [-0.1, -0.05) is 177 Å². The maximum Gasteiger partial charge on any atom is 0.192 e. The lowest BCUT2D eigenvalue weighted by atomic mass is 10.0. The highest BCUT2D eigenvalue weighted by Gasteiger charge is 2.49. The molecule has 0 amide bonds. The van der Waals surface area contributed by atoms with Crippen LogP contribution in [0.1, 0.15) is 197 Å². The fourth-order valence-corrected chi connectivity index (χ4v) is 8.59. The Kier molecular flexibility index (Phi) is 21.5. The van der Waals surface area contributed by atoms with Crippen LogP contribution in [0.3, 0.4) is 0 Å². The molecule has 6 heteroatoms. The van der Waals surface area contributed by atoms with Crippen molar-refractivity contribution in [3.05, 3.63) is 0 Å². The lowest BCUT2D eigenvalue weighted by molar-refractivity contribution is -0.156. The summed E-state index contributed by atoms with van der Waals surface area (Å²) in [5.74, 6) is -0.588. The second-order valence-electron chi connectivity index (χ2n) is 18.6. The molecule has 1 aliphatic heterocycles. The molecule has 1 saturated heterocycles. The molecule has 0 radical (unpaired) electrons. The van der Waals surface area contributed by atoms with Gasteiger partial charge >= 0.3 is 0 Å². The molecule has 1 fully saturated rings. The smallest absolute Gasteiger partial charge is 0.192 e. The van der Waals surface area contributed by atoms with Gasteiger partial charge in [-0.25, -0.2) is 0 Å². The van der Waals surface area contributed by atoms with Gasteiger partial charge in [0.1, 0.15) is 6.10 Å². The molecule has 1 heterocycles. The Morgan fingerprint density at radius 1 is 0.553 bits per heavy atom. The van der Waals surface area contributed by atoms with E-state index in [1.807, 2.05) is 0 Å². The molecule has 4 nitrogen and oxygen atoms in total. The summed E-state index contributed by atoms with van der Waals surface area (Å²) in [6, 6.07) is 0. The summed E-state index contributed by atoms with van der Waals surface area (Å²) in [6.45, 7) is 30.3. The van der Waals surface area contributed by atoms with Gasteiger partial charge in [-0.05, 0) is 56.5 Å². The molecule has 3 unspecified atom stereocenters. The van der Waals surface area contributed by atoms with Gasteiger partial charge in [0, 0.05) is 0 Å². The summed E-state index contributed by atoms with van der Waals surface area (Å²) in [4.78, 5) is 0. The van der Waals surface area contributed by atoms with Crippen LogP contribution in [0.4, 0.5) is 0 Å². The minimum atomic E-state index is -2.03. The average molecular weight is 699 g/mol. The van der Waals surface area contributed by atoms with Crippen molar-refractivity contribution in [2.45, 2.75) is 258 Å². The van der Waals surface area contributed by atoms with Gasteiger partial charge < -0.3 is 18.3 Å². The summed E-state index contributed by atoms with van der Waals surface area (Å²) in [7, 11) is -3.96. The number of ether oxygens (including phenoxy) is 2. The molecule has 0 N–H and O–H groups in total. The summed E-state index contributed by atoms with van der Waals surface area (Å²) >= 11 is 0. The fraction of sp³-hybridized carbons (Fsp3) is 1.00. The first kappa shape index (κ1) is 45.3. The maximum atomic E-state index is 7.10. The molecule has 0 spiro atoms. The zero-order valence-corrected chi connectivity index (χ0v) is 36.4. The first-order valence-electron chi connectivity index (χ1n) is 20.5. The van der Waals surface area contributed by atoms with Crippen LogP contribution in [0.25, 0.3) is 0 Å². The average Bonchev–Trinajstić information content (AvgIpc) is 3.26. The van der Waals surface area contributed by atoms with E-state index in [-0.39, 0.29) is 28.4 Å². The summed E-state index contributed by atoms with van der Waals surface area (Å²) in [5, 5.41) is 0.284. The summed E-state index contributed by atoms with van der Waals surface area (Å²) in [5.41, 5.74) is 0. The minimum Gasteiger partial charge on any atom is -0.414 e. The third-order valence-corrected chi connectivity index (χ3v) is 20.6. The highest BCUT2D eigenvalue weighted by Crippen LogP contribution is 2.42. The highest BCUT2D eigenvalue weighted by molar-refractivity contribution is 6.74. The molecule has 1 rings (SSSR count). The van der Waals surface area contributed by atoms with E-state index in [4.69, 9.17) is 18.3 Å². The molecular weight excluding hydrogens is 613 g/mol. The summed E-state index contributed by atoms with van der Waals surface area (Å²) < 4.78 is 27.1. The standard InChI is InChI=1S/C41H86O4Si2/c1-14-15-16-17-18-19-20-21-22-23-24-25-26-27-28-29-30-31-32-33-34-36-38(44-41(8,9)43-36)37(45-47(12,13)40(5,6)7)35-42-46(10,11)39(2,3)4/h36-38H,14-35H2,1-13H3. The number of hydrogen-bond donors (Lipinski definition) is 0. The molecule has 282 valence electrons. The fourth-order valence-electron chi connectivity index (χ4n) is 6.26. The van der Waals surface area contributed by atoms with Crippen molar-refractivity contribution in [3.8, 4) is 0 Å². The Balaban J connectivity index is 2.37. The normalized spacial score (nSPS) is 19.9. The maximum absolute atomic E-state index is 7.10. The van der Waals surface area contributed by atoms with Crippen molar-refractivity contribution in [1.29, 1.82) is 0 Å². The molecule has 47 heavy (non-hydrogen) atoms. The third kappa shape index (κ3) is 18.9.